The number of thioether (sulfide) groups is 1. The van der Waals surface area contributed by atoms with E-state index in [1.54, 1.807) is 0 Å². The second kappa shape index (κ2) is 7.74. The highest BCUT2D eigenvalue weighted by Crippen LogP contribution is 2.25. The van der Waals surface area contributed by atoms with Gasteiger partial charge in [0.2, 0.25) is 0 Å². The molecule has 0 bridgehead atoms. The summed E-state index contributed by atoms with van der Waals surface area (Å²) in [7, 11) is 1.84. The second-order valence-corrected chi connectivity index (χ2v) is 7.60. The highest BCUT2D eigenvalue weighted by atomic mass is 32.2. The van der Waals surface area contributed by atoms with Crippen molar-refractivity contribution in [2.75, 3.05) is 25.9 Å². The van der Waals surface area contributed by atoms with Gasteiger partial charge >= 0.3 is 0 Å². The molecule has 1 aromatic rings. The minimum Gasteiger partial charge on any atom is -0.356 e. The average molecular weight is 305 g/mol. The highest BCUT2D eigenvalue weighted by Gasteiger charge is 2.21. The molecule has 0 spiro atoms. The molecule has 2 N–H and O–H groups in total. The summed E-state index contributed by atoms with van der Waals surface area (Å²) in [5, 5.41) is 7.66. The summed E-state index contributed by atoms with van der Waals surface area (Å²) < 4.78 is 0. The number of hydrogen-bond acceptors (Lipinski definition) is 2. The number of hydrogen-bond donors (Lipinski definition) is 2. The van der Waals surface area contributed by atoms with Crippen LogP contribution in [0.2, 0.25) is 0 Å². The van der Waals surface area contributed by atoms with Crippen molar-refractivity contribution in [1.82, 2.24) is 10.6 Å². The molecule has 1 heterocycles. The van der Waals surface area contributed by atoms with Crippen LogP contribution in [0.15, 0.2) is 35.3 Å². The molecule has 0 aliphatic carbocycles. The fraction of sp³-hybridized carbons (Fsp3) is 0.588. The van der Waals surface area contributed by atoms with E-state index in [-0.39, 0.29) is 5.41 Å². The molecule has 2 rings (SSSR count). The van der Waals surface area contributed by atoms with E-state index in [0.29, 0.717) is 0 Å². The van der Waals surface area contributed by atoms with Crippen molar-refractivity contribution < 1.29 is 0 Å². The van der Waals surface area contributed by atoms with Crippen molar-refractivity contribution in [2.45, 2.75) is 37.4 Å². The molecule has 1 saturated heterocycles. The SMILES string of the molecule is CN=C(NCC1CCCS1)NCC(C)(C)c1ccccc1. The Morgan fingerprint density at radius 2 is 2.05 bits per heavy atom. The van der Waals surface area contributed by atoms with Crippen LogP contribution in [0.4, 0.5) is 0 Å². The highest BCUT2D eigenvalue weighted by molar-refractivity contribution is 8.00. The molecule has 0 saturated carbocycles. The first kappa shape index (κ1) is 16.2. The van der Waals surface area contributed by atoms with Crippen LogP contribution in [0, 0.1) is 0 Å². The fourth-order valence-electron chi connectivity index (χ4n) is 2.53. The number of benzene rings is 1. The normalized spacial score (nSPS) is 19.6. The van der Waals surface area contributed by atoms with E-state index in [9.17, 15) is 0 Å². The predicted molar refractivity (Wildman–Crippen MR) is 94.3 cm³/mol. The monoisotopic (exact) mass is 305 g/mol. The quantitative estimate of drug-likeness (QED) is 0.648. The third-order valence-electron chi connectivity index (χ3n) is 4.00. The maximum atomic E-state index is 4.33. The predicted octanol–water partition coefficient (Wildman–Crippen LogP) is 3.02. The van der Waals surface area contributed by atoms with Gasteiger partial charge in [0.05, 0.1) is 0 Å². The van der Waals surface area contributed by atoms with E-state index in [2.05, 4.69) is 71.6 Å². The number of nitrogens with zero attached hydrogens (tertiary/aromatic N) is 1. The third-order valence-corrected chi connectivity index (χ3v) is 5.40. The lowest BCUT2D eigenvalue weighted by Crippen LogP contribution is -2.45. The Bertz CT molecular complexity index is 450. The van der Waals surface area contributed by atoms with Crippen LogP contribution in [0.3, 0.4) is 0 Å². The van der Waals surface area contributed by atoms with Crippen LogP contribution >= 0.6 is 11.8 Å². The molecular weight excluding hydrogens is 278 g/mol. The zero-order chi connectivity index (χ0) is 15.1. The van der Waals surface area contributed by atoms with E-state index < -0.39 is 0 Å². The van der Waals surface area contributed by atoms with Gasteiger partial charge in [-0.15, -0.1) is 0 Å². The summed E-state index contributed by atoms with van der Waals surface area (Å²) in [4.78, 5) is 4.33. The lowest BCUT2D eigenvalue weighted by Gasteiger charge is -2.27. The Balaban J connectivity index is 1.82. The Morgan fingerprint density at radius 1 is 1.29 bits per heavy atom. The first-order valence-corrected chi connectivity index (χ1v) is 8.78. The van der Waals surface area contributed by atoms with Crippen LogP contribution in [0.25, 0.3) is 0 Å². The fourth-order valence-corrected chi connectivity index (χ4v) is 3.73. The molecule has 4 heteroatoms. The average Bonchev–Trinajstić information content (AvgIpc) is 3.02. The van der Waals surface area contributed by atoms with Crippen molar-refractivity contribution in [3.63, 3.8) is 0 Å². The maximum absolute atomic E-state index is 4.33. The standard InChI is InChI=1S/C17H27N3S/c1-17(2,14-8-5-4-6-9-14)13-20-16(18-3)19-12-15-10-7-11-21-15/h4-6,8-9,15H,7,10-13H2,1-3H3,(H2,18,19,20). The topological polar surface area (TPSA) is 36.4 Å². The van der Waals surface area contributed by atoms with E-state index >= 15 is 0 Å². The summed E-state index contributed by atoms with van der Waals surface area (Å²) in [5.41, 5.74) is 1.43. The molecule has 3 nitrogen and oxygen atoms in total. The van der Waals surface area contributed by atoms with E-state index in [4.69, 9.17) is 0 Å². The van der Waals surface area contributed by atoms with Gasteiger partial charge < -0.3 is 10.6 Å². The first-order chi connectivity index (χ1) is 10.1. The molecule has 1 fully saturated rings. The smallest absolute Gasteiger partial charge is 0.191 e. The van der Waals surface area contributed by atoms with Gasteiger partial charge in [-0.2, -0.15) is 11.8 Å². The van der Waals surface area contributed by atoms with E-state index in [0.717, 1.165) is 24.3 Å². The van der Waals surface area contributed by atoms with Crippen LogP contribution < -0.4 is 10.6 Å². The Labute approximate surface area is 133 Å². The third kappa shape index (κ3) is 4.95. The summed E-state index contributed by atoms with van der Waals surface area (Å²) in [5.74, 6) is 2.21. The minimum absolute atomic E-state index is 0.0843. The van der Waals surface area contributed by atoms with Crippen LogP contribution in [-0.2, 0) is 5.41 Å². The molecule has 21 heavy (non-hydrogen) atoms. The lowest BCUT2D eigenvalue weighted by molar-refractivity contribution is 0.508. The van der Waals surface area contributed by atoms with Crippen molar-refractivity contribution in [2.24, 2.45) is 4.99 Å². The minimum atomic E-state index is 0.0843. The summed E-state index contributed by atoms with van der Waals surface area (Å²) >= 11 is 2.07. The largest absolute Gasteiger partial charge is 0.356 e. The molecular formula is C17H27N3S. The van der Waals surface area contributed by atoms with Crippen molar-refractivity contribution in [3.05, 3.63) is 35.9 Å². The van der Waals surface area contributed by atoms with E-state index in [1.807, 2.05) is 7.05 Å². The van der Waals surface area contributed by atoms with Gasteiger partial charge in [-0.1, -0.05) is 44.2 Å². The summed E-state index contributed by atoms with van der Waals surface area (Å²) in [6.45, 7) is 6.40. The molecule has 0 amide bonds. The van der Waals surface area contributed by atoms with Gasteiger partial charge in [-0.05, 0) is 24.2 Å². The molecule has 1 unspecified atom stereocenters. The summed E-state index contributed by atoms with van der Waals surface area (Å²) in [6, 6.07) is 10.6. The van der Waals surface area contributed by atoms with Crippen LogP contribution in [0.1, 0.15) is 32.3 Å². The first-order valence-electron chi connectivity index (χ1n) is 7.73. The number of aliphatic imine (C=N–C) groups is 1. The van der Waals surface area contributed by atoms with Crippen LogP contribution in [0.5, 0.6) is 0 Å². The van der Waals surface area contributed by atoms with Crippen LogP contribution in [-0.4, -0.2) is 37.1 Å². The molecule has 0 radical (unpaired) electrons. The van der Waals surface area contributed by atoms with Crippen molar-refractivity contribution in [1.29, 1.82) is 0 Å². The molecule has 116 valence electrons. The maximum Gasteiger partial charge on any atom is 0.191 e. The number of nitrogens with one attached hydrogen (secondary N) is 2. The summed E-state index contributed by atoms with van der Waals surface area (Å²) in [6.07, 6.45) is 2.67. The molecule has 0 aromatic heterocycles. The van der Waals surface area contributed by atoms with E-state index in [1.165, 1.54) is 24.2 Å². The Kier molecular flexibility index (Phi) is 5.97. The Morgan fingerprint density at radius 3 is 2.67 bits per heavy atom. The molecule has 1 aliphatic rings. The number of rotatable bonds is 5. The molecule has 1 aliphatic heterocycles. The van der Waals surface area contributed by atoms with Crippen molar-refractivity contribution >= 4 is 17.7 Å². The van der Waals surface area contributed by atoms with Gasteiger partial charge in [-0.3, -0.25) is 4.99 Å². The lowest BCUT2D eigenvalue weighted by atomic mass is 9.85. The zero-order valence-corrected chi connectivity index (χ0v) is 14.2. The second-order valence-electron chi connectivity index (χ2n) is 6.19. The van der Waals surface area contributed by atoms with Gasteiger partial charge in [0.25, 0.3) is 0 Å². The van der Waals surface area contributed by atoms with Gasteiger partial charge in [-0.25, -0.2) is 0 Å². The van der Waals surface area contributed by atoms with Gasteiger partial charge in [0, 0.05) is 30.8 Å². The van der Waals surface area contributed by atoms with Crippen molar-refractivity contribution in [3.8, 4) is 0 Å². The van der Waals surface area contributed by atoms with Gasteiger partial charge in [0.1, 0.15) is 0 Å². The van der Waals surface area contributed by atoms with Gasteiger partial charge in [0.15, 0.2) is 5.96 Å². The molecule has 1 atom stereocenters. The zero-order valence-electron chi connectivity index (χ0n) is 13.4. The Hall–Kier alpha value is -1.16. The molecule has 1 aromatic carbocycles. The number of guanidine groups is 1.